The molecule has 3 rings (SSSR count). The van der Waals surface area contributed by atoms with Gasteiger partial charge >= 0.3 is 0 Å². The van der Waals surface area contributed by atoms with Crippen LogP contribution in [-0.2, 0) is 16.1 Å². The molecule has 25 heavy (non-hydrogen) atoms. The fourth-order valence-electron chi connectivity index (χ4n) is 2.73. The third kappa shape index (κ3) is 4.50. The molecule has 2 aromatic rings. The number of hydrogen-bond donors (Lipinski definition) is 0. The maximum atomic E-state index is 12.2. The van der Waals surface area contributed by atoms with Crippen molar-refractivity contribution in [3.63, 3.8) is 0 Å². The largest absolute Gasteiger partial charge is 0.337 e. The van der Waals surface area contributed by atoms with E-state index in [0.29, 0.717) is 13.0 Å². The van der Waals surface area contributed by atoms with E-state index in [9.17, 15) is 9.59 Å². The molecule has 1 aromatic carbocycles. The third-order valence-corrected chi connectivity index (χ3v) is 5.31. The molecule has 1 aliphatic rings. The minimum absolute atomic E-state index is 0.0664. The monoisotopic (exact) mass is 374 g/mol. The van der Waals surface area contributed by atoms with Crippen LogP contribution in [0, 0.1) is 0 Å². The fourth-order valence-corrected chi connectivity index (χ4v) is 3.87. The maximum Gasteiger partial charge on any atom is 0.246 e. The van der Waals surface area contributed by atoms with Crippen molar-refractivity contribution in [2.24, 2.45) is 0 Å². The van der Waals surface area contributed by atoms with E-state index in [-0.39, 0.29) is 11.8 Å². The number of rotatable bonds is 5. The number of halogens is 1. The van der Waals surface area contributed by atoms with Gasteiger partial charge < -0.3 is 9.80 Å². The second kappa shape index (κ2) is 7.85. The fraction of sp³-hybridized carbons (Fsp3) is 0.263. The molecular weight excluding hydrogens is 356 g/mol. The van der Waals surface area contributed by atoms with E-state index in [2.05, 4.69) is 0 Å². The lowest BCUT2D eigenvalue weighted by Gasteiger charge is -2.15. The van der Waals surface area contributed by atoms with E-state index in [1.54, 1.807) is 29.0 Å². The summed E-state index contributed by atoms with van der Waals surface area (Å²) in [7, 11) is 1.77. The molecule has 0 spiro atoms. The van der Waals surface area contributed by atoms with Crippen molar-refractivity contribution >= 4 is 46.5 Å². The first kappa shape index (κ1) is 17.7. The van der Waals surface area contributed by atoms with Crippen molar-refractivity contribution in [2.45, 2.75) is 19.4 Å². The van der Waals surface area contributed by atoms with Gasteiger partial charge in [0.15, 0.2) is 0 Å². The molecule has 1 aliphatic heterocycles. The normalized spacial score (nSPS) is 14.5. The van der Waals surface area contributed by atoms with Gasteiger partial charge in [0.05, 0.1) is 10.9 Å². The first-order chi connectivity index (χ1) is 12.0. The summed E-state index contributed by atoms with van der Waals surface area (Å²) in [4.78, 5) is 28.5. The van der Waals surface area contributed by atoms with Crippen LogP contribution in [0.5, 0.6) is 0 Å². The molecule has 1 aromatic heterocycles. The Morgan fingerprint density at radius 2 is 2.04 bits per heavy atom. The van der Waals surface area contributed by atoms with Crippen molar-refractivity contribution < 1.29 is 9.59 Å². The SMILES string of the molecule is CN(Cc1ccc(Cl)s1)C(=O)/C=C/c1ccc(N2CCCC2=O)cc1. The first-order valence-electron chi connectivity index (χ1n) is 8.11. The highest BCUT2D eigenvalue weighted by atomic mass is 35.5. The van der Waals surface area contributed by atoms with Crippen LogP contribution in [0.4, 0.5) is 5.69 Å². The van der Waals surface area contributed by atoms with Gasteiger partial charge in [-0.15, -0.1) is 11.3 Å². The average molecular weight is 375 g/mol. The molecule has 2 heterocycles. The van der Waals surface area contributed by atoms with Crippen LogP contribution < -0.4 is 4.90 Å². The molecule has 1 fully saturated rings. The Hall–Kier alpha value is -2.11. The van der Waals surface area contributed by atoms with Crippen molar-refractivity contribution in [1.29, 1.82) is 0 Å². The number of amides is 2. The molecule has 1 saturated heterocycles. The Morgan fingerprint density at radius 3 is 2.64 bits per heavy atom. The van der Waals surface area contributed by atoms with Crippen LogP contribution in [0.3, 0.4) is 0 Å². The lowest BCUT2D eigenvalue weighted by molar-refractivity contribution is -0.125. The molecule has 130 valence electrons. The molecule has 4 nitrogen and oxygen atoms in total. The van der Waals surface area contributed by atoms with Crippen molar-refractivity contribution in [3.8, 4) is 0 Å². The summed E-state index contributed by atoms with van der Waals surface area (Å²) >= 11 is 7.39. The lowest BCUT2D eigenvalue weighted by atomic mass is 10.2. The number of thiophene rings is 1. The van der Waals surface area contributed by atoms with Gasteiger partial charge in [0.1, 0.15) is 0 Å². The van der Waals surface area contributed by atoms with Crippen LogP contribution in [0.15, 0.2) is 42.5 Å². The van der Waals surface area contributed by atoms with Gasteiger partial charge in [0.2, 0.25) is 11.8 Å². The Bertz CT molecular complexity index is 798. The Morgan fingerprint density at radius 1 is 1.28 bits per heavy atom. The van der Waals surface area contributed by atoms with Crippen molar-refractivity contribution in [1.82, 2.24) is 4.90 Å². The number of carbonyl (C=O) groups excluding carboxylic acids is 2. The van der Waals surface area contributed by atoms with Crippen LogP contribution in [-0.4, -0.2) is 30.3 Å². The van der Waals surface area contributed by atoms with Crippen LogP contribution in [0.1, 0.15) is 23.3 Å². The minimum atomic E-state index is -0.0664. The quantitative estimate of drug-likeness (QED) is 0.736. The predicted molar refractivity (Wildman–Crippen MR) is 103 cm³/mol. The smallest absolute Gasteiger partial charge is 0.246 e. The number of anilines is 1. The van der Waals surface area contributed by atoms with E-state index in [0.717, 1.165) is 33.4 Å². The van der Waals surface area contributed by atoms with Gasteiger partial charge in [-0.05, 0) is 42.3 Å². The standard InChI is InChI=1S/C19H19ClN2O2S/c1-21(13-16-9-10-17(20)25-16)18(23)11-6-14-4-7-15(8-5-14)22-12-2-3-19(22)24/h4-11H,2-3,12-13H2,1H3/b11-6+. The van der Waals surface area contributed by atoms with Gasteiger partial charge in [-0.1, -0.05) is 23.7 Å². The topological polar surface area (TPSA) is 40.6 Å². The zero-order valence-corrected chi connectivity index (χ0v) is 15.5. The Kier molecular flexibility index (Phi) is 5.56. The van der Waals surface area contributed by atoms with Crippen LogP contribution >= 0.6 is 22.9 Å². The molecule has 2 amide bonds. The second-order valence-corrected chi connectivity index (χ2v) is 7.77. The highest BCUT2D eigenvalue weighted by Gasteiger charge is 2.21. The summed E-state index contributed by atoms with van der Waals surface area (Å²) < 4.78 is 0.725. The van der Waals surface area contributed by atoms with Crippen molar-refractivity contribution in [2.75, 3.05) is 18.5 Å². The summed E-state index contributed by atoms with van der Waals surface area (Å²) in [5.41, 5.74) is 1.84. The van der Waals surface area contributed by atoms with Crippen LogP contribution in [0.25, 0.3) is 6.08 Å². The number of benzene rings is 1. The Balaban J connectivity index is 1.59. The number of nitrogens with zero attached hydrogens (tertiary/aromatic N) is 2. The van der Waals surface area contributed by atoms with Crippen LogP contribution in [0.2, 0.25) is 4.34 Å². The number of likely N-dealkylation sites (N-methyl/N-ethyl adjacent to an activating group) is 1. The maximum absolute atomic E-state index is 12.2. The molecule has 0 bridgehead atoms. The summed E-state index contributed by atoms with van der Waals surface area (Å²) in [6.07, 6.45) is 4.88. The third-order valence-electron chi connectivity index (χ3n) is 4.09. The first-order valence-corrected chi connectivity index (χ1v) is 9.30. The Labute approximate surface area is 156 Å². The summed E-state index contributed by atoms with van der Waals surface area (Å²) in [6, 6.07) is 11.4. The summed E-state index contributed by atoms with van der Waals surface area (Å²) in [6.45, 7) is 1.32. The molecule has 0 radical (unpaired) electrons. The van der Waals surface area contributed by atoms with E-state index < -0.39 is 0 Å². The van der Waals surface area contributed by atoms with E-state index in [1.807, 2.05) is 36.4 Å². The predicted octanol–water partition coefficient (Wildman–Crippen LogP) is 4.20. The number of hydrogen-bond acceptors (Lipinski definition) is 3. The molecule has 0 unspecified atom stereocenters. The molecule has 6 heteroatoms. The lowest BCUT2D eigenvalue weighted by Crippen LogP contribution is -2.23. The van der Waals surface area contributed by atoms with Gasteiger partial charge in [-0.2, -0.15) is 0 Å². The van der Waals surface area contributed by atoms with Gasteiger partial charge in [-0.25, -0.2) is 0 Å². The average Bonchev–Trinajstić information content (AvgIpc) is 3.21. The second-order valence-electron chi connectivity index (χ2n) is 5.97. The highest BCUT2D eigenvalue weighted by molar-refractivity contribution is 7.16. The highest BCUT2D eigenvalue weighted by Crippen LogP contribution is 2.23. The summed E-state index contributed by atoms with van der Waals surface area (Å²) in [5.74, 6) is 0.108. The molecule has 0 N–H and O–H groups in total. The zero-order chi connectivity index (χ0) is 17.8. The molecule has 0 aliphatic carbocycles. The molecule has 0 atom stereocenters. The van der Waals surface area contributed by atoms with E-state index in [1.165, 1.54) is 11.3 Å². The molecule has 0 saturated carbocycles. The van der Waals surface area contributed by atoms with Gasteiger partial charge in [0.25, 0.3) is 0 Å². The van der Waals surface area contributed by atoms with E-state index >= 15 is 0 Å². The number of carbonyl (C=O) groups is 2. The van der Waals surface area contributed by atoms with Crippen molar-refractivity contribution in [3.05, 3.63) is 57.3 Å². The molecular formula is C19H19ClN2O2S. The van der Waals surface area contributed by atoms with Gasteiger partial charge in [-0.3, -0.25) is 9.59 Å². The summed E-state index contributed by atoms with van der Waals surface area (Å²) in [5, 5.41) is 0. The van der Waals surface area contributed by atoms with Gasteiger partial charge in [0, 0.05) is 36.7 Å². The van der Waals surface area contributed by atoms with E-state index in [4.69, 9.17) is 11.6 Å². The zero-order valence-electron chi connectivity index (χ0n) is 13.9. The minimum Gasteiger partial charge on any atom is -0.337 e.